The normalized spacial score (nSPS) is 19.9. The van der Waals surface area contributed by atoms with Crippen LogP contribution in [0, 0.1) is 0 Å². The van der Waals surface area contributed by atoms with Gasteiger partial charge in [-0.2, -0.15) is 11.8 Å². The molecular formula is C10H20N2O2S. The molecule has 1 unspecified atom stereocenters. The van der Waals surface area contributed by atoms with Crippen LogP contribution in [0.15, 0.2) is 0 Å². The number of hydrogen-bond acceptors (Lipinski definition) is 5. The van der Waals surface area contributed by atoms with Crippen LogP contribution in [0.5, 0.6) is 0 Å². The number of carbonyl (C=O) groups is 1. The Bertz CT molecular complexity index is 196. The number of hydrogen-bond donors (Lipinski definition) is 1. The molecular weight excluding hydrogens is 212 g/mol. The Balaban J connectivity index is 2.49. The summed E-state index contributed by atoms with van der Waals surface area (Å²) in [4.78, 5) is 13.8. The molecule has 0 bridgehead atoms. The largest absolute Gasteiger partial charge is 0.468 e. The summed E-state index contributed by atoms with van der Waals surface area (Å²) >= 11 is 1.77. The molecule has 0 aliphatic carbocycles. The third-order valence-electron chi connectivity index (χ3n) is 2.66. The first kappa shape index (κ1) is 12.8. The van der Waals surface area contributed by atoms with Crippen molar-refractivity contribution in [2.75, 3.05) is 45.3 Å². The van der Waals surface area contributed by atoms with Crippen molar-refractivity contribution in [1.82, 2.24) is 10.2 Å². The van der Waals surface area contributed by atoms with Crippen LogP contribution < -0.4 is 5.32 Å². The summed E-state index contributed by atoms with van der Waals surface area (Å²) in [5.74, 6) is 0.912. The summed E-state index contributed by atoms with van der Waals surface area (Å²) in [5.41, 5.74) is 0. The predicted octanol–water partition coefficient (Wildman–Crippen LogP) is 0.186. The van der Waals surface area contributed by atoms with Gasteiger partial charge in [0.2, 0.25) is 0 Å². The van der Waals surface area contributed by atoms with Crippen molar-refractivity contribution in [3.05, 3.63) is 0 Å². The highest BCUT2D eigenvalue weighted by Gasteiger charge is 2.26. The predicted molar refractivity (Wildman–Crippen MR) is 63.2 cm³/mol. The first-order chi connectivity index (χ1) is 7.29. The van der Waals surface area contributed by atoms with Crippen LogP contribution in [-0.4, -0.2) is 62.2 Å². The molecule has 5 heteroatoms. The van der Waals surface area contributed by atoms with E-state index in [1.54, 1.807) is 11.8 Å². The highest BCUT2D eigenvalue weighted by molar-refractivity contribution is 7.98. The molecule has 0 saturated carbocycles. The van der Waals surface area contributed by atoms with Gasteiger partial charge >= 0.3 is 5.97 Å². The van der Waals surface area contributed by atoms with Crippen LogP contribution in [0.4, 0.5) is 0 Å². The van der Waals surface area contributed by atoms with Gasteiger partial charge in [-0.05, 0) is 18.4 Å². The maximum Gasteiger partial charge on any atom is 0.323 e. The Hall–Kier alpha value is -0.260. The van der Waals surface area contributed by atoms with E-state index in [1.165, 1.54) is 7.11 Å². The van der Waals surface area contributed by atoms with E-state index in [0.717, 1.165) is 38.4 Å². The molecule has 0 aromatic carbocycles. The van der Waals surface area contributed by atoms with Crippen LogP contribution in [-0.2, 0) is 9.53 Å². The van der Waals surface area contributed by atoms with E-state index >= 15 is 0 Å². The summed E-state index contributed by atoms with van der Waals surface area (Å²) in [7, 11) is 1.47. The minimum absolute atomic E-state index is 0.0513. The summed E-state index contributed by atoms with van der Waals surface area (Å²) < 4.78 is 4.85. The van der Waals surface area contributed by atoms with Crippen LogP contribution in [0.25, 0.3) is 0 Å². The topological polar surface area (TPSA) is 41.6 Å². The Labute approximate surface area is 95.7 Å². The van der Waals surface area contributed by atoms with Crippen molar-refractivity contribution >= 4 is 17.7 Å². The lowest BCUT2D eigenvalue weighted by Crippen LogP contribution is -2.51. The molecule has 0 radical (unpaired) electrons. The number of carbonyl (C=O) groups excluding carboxylic acids is 1. The third kappa shape index (κ3) is 4.01. The van der Waals surface area contributed by atoms with Gasteiger partial charge in [0.1, 0.15) is 6.04 Å². The molecule has 88 valence electrons. The first-order valence-corrected chi connectivity index (χ1v) is 6.70. The quantitative estimate of drug-likeness (QED) is 0.685. The summed E-state index contributed by atoms with van der Waals surface area (Å²) in [6.45, 7) is 3.81. The number of ether oxygens (including phenoxy) is 1. The lowest BCUT2D eigenvalue weighted by Gasteiger charge is -2.33. The molecule has 1 heterocycles. The highest BCUT2D eigenvalue weighted by Crippen LogP contribution is 2.10. The standard InChI is InChI=1S/C10H20N2O2S/c1-14-10(13)9(3-8-15-2)12-6-4-11-5-7-12/h9,11H,3-8H2,1-2H3. The van der Waals surface area contributed by atoms with E-state index in [9.17, 15) is 4.79 Å². The number of thioether (sulfide) groups is 1. The smallest absolute Gasteiger partial charge is 0.323 e. The second kappa shape index (κ2) is 7.09. The van der Waals surface area contributed by atoms with Gasteiger partial charge in [0.05, 0.1) is 7.11 Å². The van der Waals surface area contributed by atoms with Crippen LogP contribution in [0.3, 0.4) is 0 Å². The molecule has 0 aromatic rings. The maximum absolute atomic E-state index is 11.6. The second-order valence-electron chi connectivity index (χ2n) is 3.61. The van der Waals surface area contributed by atoms with E-state index in [2.05, 4.69) is 16.5 Å². The first-order valence-electron chi connectivity index (χ1n) is 5.31. The van der Waals surface area contributed by atoms with Crippen molar-refractivity contribution in [3.8, 4) is 0 Å². The average Bonchev–Trinajstić information content (AvgIpc) is 2.30. The third-order valence-corrected chi connectivity index (χ3v) is 3.30. The molecule has 0 aromatic heterocycles. The lowest BCUT2D eigenvalue weighted by molar-refractivity contribution is -0.147. The zero-order chi connectivity index (χ0) is 11.1. The fraction of sp³-hybridized carbons (Fsp3) is 0.900. The van der Waals surface area contributed by atoms with Crippen molar-refractivity contribution < 1.29 is 9.53 Å². The molecule has 0 spiro atoms. The van der Waals surface area contributed by atoms with E-state index in [0.29, 0.717) is 0 Å². The number of piperazine rings is 1. The van der Waals surface area contributed by atoms with Crippen LogP contribution in [0.1, 0.15) is 6.42 Å². The molecule has 15 heavy (non-hydrogen) atoms. The van der Waals surface area contributed by atoms with Gasteiger partial charge < -0.3 is 10.1 Å². The van der Waals surface area contributed by atoms with Crippen molar-refractivity contribution in [1.29, 1.82) is 0 Å². The van der Waals surface area contributed by atoms with Gasteiger partial charge in [0, 0.05) is 26.2 Å². The zero-order valence-corrected chi connectivity index (χ0v) is 10.3. The van der Waals surface area contributed by atoms with Crippen molar-refractivity contribution in [3.63, 3.8) is 0 Å². The van der Waals surface area contributed by atoms with Crippen molar-refractivity contribution in [2.24, 2.45) is 0 Å². The van der Waals surface area contributed by atoms with E-state index in [1.807, 2.05) is 0 Å². The summed E-state index contributed by atoms with van der Waals surface area (Å²) in [6.07, 6.45) is 2.94. The Morgan fingerprint density at radius 1 is 1.53 bits per heavy atom. The minimum atomic E-state index is -0.0917. The molecule has 0 amide bonds. The summed E-state index contributed by atoms with van der Waals surface area (Å²) in [6, 6.07) is -0.0513. The Kier molecular flexibility index (Phi) is 6.05. The second-order valence-corrected chi connectivity index (χ2v) is 4.59. The molecule has 1 aliphatic rings. The number of esters is 1. The fourth-order valence-corrected chi connectivity index (χ4v) is 2.27. The van der Waals surface area contributed by atoms with Gasteiger partial charge in [0.15, 0.2) is 0 Å². The van der Waals surface area contributed by atoms with Gasteiger partial charge in [0.25, 0.3) is 0 Å². The van der Waals surface area contributed by atoms with E-state index in [4.69, 9.17) is 4.74 Å². The molecule has 1 N–H and O–H groups in total. The number of nitrogens with one attached hydrogen (secondary N) is 1. The monoisotopic (exact) mass is 232 g/mol. The zero-order valence-electron chi connectivity index (χ0n) is 9.49. The minimum Gasteiger partial charge on any atom is -0.468 e. The molecule has 1 atom stereocenters. The van der Waals surface area contributed by atoms with Gasteiger partial charge in [-0.3, -0.25) is 9.69 Å². The maximum atomic E-state index is 11.6. The van der Waals surface area contributed by atoms with Gasteiger partial charge in [-0.1, -0.05) is 0 Å². The van der Waals surface area contributed by atoms with Crippen LogP contribution >= 0.6 is 11.8 Å². The van der Waals surface area contributed by atoms with Crippen LogP contribution in [0.2, 0.25) is 0 Å². The SMILES string of the molecule is COC(=O)C(CCSC)N1CCNCC1. The molecule has 1 saturated heterocycles. The van der Waals surface area contributed by atoms with Gasteiger partial charge in [-0.15, -0.1) is 0 Å². The Morgan fingerprint density at radius 2 is 2.20 bits per heavy atom. The molecule has 1 fully saturated rings. The van der Waals surface area contributed by atoms with Crippen molar-refractivity contribution in [2.45, 2.75) is 12.5 Å². The number of nitrogens with zero attached hydrogens (tertiary/aromatic N) is 1. The molecule has 4 nitrogen and oxygen atoms in total. The highest BCUT2D eigenvalue weighted by atomic mass is 32.2. The summed E-state index contributed by atoms with van der Waals surface area (Å²) in [5, 5.41) is 3.28. The number of rotatable bonds is 5. The average molecular weight is 232 g/mol. The lowest BCUT2D eigenvalue weighted by atomic mass is 10.1. The van der Waals surface area contributed by atoms with Gasteiger partial charge in [-0.25, -0.2) is 0 Å². The molecule has 1 aliphatic heterocycles. The van der Waals surface area contributed by atoms with E-state index in [-0.39, 0.29) is 12.0 Å². The number of methoxy groups -OCH3 is 1. The molecule has 1 rings (SSSR count). The fourth-order valence-electron chi connectivity index (χ4n) is 1.81. The Morgan fingerprint density at radius 3 is 2.73 bits per heavy atom. The van der Waals surface area contributed by atoms with E-state index < -0.39 is 0 Å².